The minimum absolute atomic E-state index is 0.0924. The molecular formula is C31H36O8. The first-order valence-electron chi connectivity index (χ1n) is 14.5. The third kappa shape index (κ3) is 2.38. The van der Waals surface area contributed by atoms with E-state index in [0.717, 1.165) is 24.0 Å². The van der Waals surface area contributed by atoms with Crippen LogP contribution in [0.1, 0.15) is 46.5 Å². The van der Waals surface area contributed by atoms with Gasteiger partial charge in [0.2, 0.25) is 0 Å². The van der Waals surface area contributed by atoms with Crippen molar-refractivity contribution in [3.05, 3.63) is 33.4 Å². The van der Waals surface area contributed by atoms with Gasteiger partial charge in [0.05, 0.1) is 25.2 Å². The Morgan fingerprint density at radius 1 is 1.10 bits per heavy atom. The molecule has 7 aliphatic carbocycles. The molecule has 0 aromatic heterocycles. The number of carbonyl (C=O) groups is 3. The van der Waals surface area contributed by atoms with E-state index in [4.69, 9.17) is 9.47 Å². The van der Waals surface area contributed by atoms with Gasteiger partial charge in [-0.3, -0.25) is 4.79 Å². The van der Waals surface area contributed by atoms with Gasteiger partial charge in [0.15, 0.2) is 5.78 Å². The number of methoxy groups -OCH3 is 1. The number of hydrogen-bond acceptors (Lipinski definition) is 8. The van der Waals surface area contributed by atoms with Gasteiger partial charge in [-0.05, 0) is 84.7 Å². The van der Waals surface area contributed by atoms with Crippen LogP contribution in [0.2, 0.25) is 0 Å². The van der Waals surface area contributed by atoms with Crippen molar-refractivity contribution in [3.63, 3.8) is 0 Å². The van der Waals surface area contributed by atoms with Crippen molar-refractivity contribution in [2.24, 2.45) is 58.2 Å². The quantitative estimate of drug-likeness (QED) is 0.283. The van der Waals surface area contributed by atoms with E-state index in [-0.39, 0.29) is 58.3 Å². The van der Waals surface area contributed by atoms with Crippen LogP contribution >= 0.6 is 0 Å². The number of Topliss-reactive ketones (excluding diaryl/α,β-unsaturated/α-hetero) is 1. The summed E-state index contributed by atoms with van der Waals surface area (Å²) in [6, 6.07) is 0. The SMILES string of the molecule is COC(=O)/C(C)=C1/C(=O)[C@H](O)[C@]2(C)C3=C(C[C@@H]4[C@]5(OC(=O)C(CO)=C5C[C@H]5[C@H](CO)[C@H]6C[C@H]6[C@]45C)[C@H]31)[C@H]1C[C@H]12. The predicted molar refractivity (Wildman–Crippen MR) is 135 cm³/mol. The summed E-state index contributed by atoms with van der Waals surface area (Å²) in [7, 11) is 1.27. The molecule has 12 atom stereocenters. The Hall–Kier alpha value is -2.29. The Bertz CT molecular complexity index is 1390. The largest absolute Gasteiger partial charge is 0.466 e. The topological polar surface area (TPSA) is 130 Å². The summed E-state index contributed by atoms with van der Waals surface area (Å²) in [5.41, 5.74) is 1.33. The van der Waals surface area contributed by atoms with E-state index in [9.17, 15) is 29.7 Å². The highest BCUT2D eigenvalue weighted by Gasteiger charge is 2.81. The van der Waals surface area contributed by atoms with Crippen molar-refractivity contribution < 1.29 is 39.2 Å². The molecule has 0 aromatic carbocycles. The van der Waals surface area contributed by atoms with Gasteiger partial charge in [0.1, 0.15) is 11.7 Å². The van der Waals surface area contributed by atoms with Gasteiger partial charge < -0.3 is 24.8 Å². The first kappa shape index (κ1) is 24.5. The van der Waals surface area contributed by atoms with E-state index < -0.39 is 47.4 Å². The second-order valence-electron chi connectivity index (χ2n) is 14.0. The van der Waals surface area contributed by atoms with E-state index in [1.807, 2.05) is 6.92 Å². The van der Waals surface area contributed by atoms with Gasteiger partial charge in [-0.15, -0.1) is 0 Å². The summed E-state index contributed by atoms with van der Waals surface area (Å²) in [4.78, 5) is 40.7. The molecule has 1 heterocycles. The van der Waals surface area contributed by atoms with E-state index in [2.05, 4.69) is 6.92 Å². The van der Waals surface area contributed by atoms with Crippen LogP contribution < -0.4 is 0 Å². The van der Waals surface area contributed by atoms with Crippen LogP contribution in [-0.2, 0) is 23.9 Å². The molecule has 8 heteroatoms. The van der Waals surface area contributed by atoms with E-state index in [0.29, 0.717) is 24.7 Å². The van der Waals surface area contributed by atoms with Crippen LogP contribution in [0.25, 0.3) is 0 Å². The van der Waals surface area contributed by atoms with Crippen LogP contribution in [0.15, 0.2) is 33.4 Å². The highest BCUT2D eigenvalue weighted by atomic mass is 16.6. The minimum Gasteiger partial charge on any atom is -0.466 e. The zero-order valence-electron chi connectivity index (χ0n) is 22.8. The zero-order valence-corrected chi connectivity index (χ0v) is 22.8. The molecule has 3 N–H and O–H groups in total. The lowest BCUT2D eigenvalue weighted by Crippen LogP contribution is -2.66. The number of hydrogen-bond donors (Lipinski definition) is 3. The Morgan fingerprint density at radius 3 is 2.51 bits per heavy atom. The number of ether oxygens (including phenoxy) is 2. The van der Waals surface area contributed by atoms with Gasteiger partial charge in [-0.1, -0.05) is 19.4 Å². The molecule has 5 fully saturated rings. The number of ketones is 1. The highest BCUT2D eigenvalue weighted by molar-refractivity contribution is 6.09. The highest BCUT2D eigenvalue weighted by Crippen LogP contribution is 2.82. The van der Waals surface area contributed by atoms with Crippen molar-refractivity contribution in [1.82, 2.24) is 0 Å². The summed E-state index contributed by atoms with van der Waals surface area (Å²) in [5, 5.41) is 32.5. The molecule has 1 aliphatic heterocycles. The summed E-state index contributed by atoms with van der Waals surface area (Å²) in [5.74, 6) is -1.04. The Balaban J connectivity index is 1.46. The minimum atomic E-state index is -1.29. The Morgan fingerprint density at radius 2 is 1.85 bits per heavy atom. The van der Waals surface area contributed by atoms with Crippen molar-refractivity contribution in [2.75, 3.05) is 20.3 Å². The smallest absolute Gasteiger partial charge is 0.337 e. The molecule has 0 amide bonds. The standard InChI is InChI=1S/C31H36O8/c1-11(27(36)38-4)22-24-23-14(12-5-18(12)30(23,3)26(35)25(22)34)7-21-29(2)17-6-13(17)15(9-32)19(29)8-20-16(10-33)28(37)39-31(20,21)24/h12-13,15,17-19,21,24,26,32-33,35H,5-10H2,1-4H3/b22-11+/t12-,13-,15-,17-,18-,19+,21+,24+,26+,29+,30+,31+/m1/s1. The lowest BCUT2D eigenvalue weighted by atomic mass is 9.42. The maximum absolute atomic E-state index is 14.2. The lowest BCUT2D eigenvalue weighted by Gasteiger charge is -2.63. The van der Waals surface area contributed by atoms with Crippen LogP contribution in [-0.4, -0.2) is 65.1 Å². The molecule has 0 saturated heterocycles. The lowest BCUT2D eigenvalue weighted by molar-refractivity contribution is -0.178. The summed E-state index contributed by atoms with van der Waals surface area (Å²) < 4.78 is 11.6. The molecule has 8 rings (SSSR count). The monoisotopic (exact) mass is 536 g/mol. The van der Waals surface area contributed by atoms with E-state index in [1.165, 1.54) is 12.7 Å². The summed E-state index contributed by atoms with van der Waals surface area (Å²) >= 11 is 0. The second kappa shape index (κ2) is 7.12. The fraction of sp³-hybridized carbons (Fsp3) is 0.710. The van der Waals surface area contributed by atoms with Crippen LogP contribution in [0, 0.1) is 58.2 Å². The molecule has 208 valence electrons. The Labute approximate surface area is 227 Å². The number of fused-ring (bicyclic) bond motifs is 7. The first-order chi connectivity index (χ1) is 18.5. The maximum Gasteiger partial charge on any atom is 0.337 e. The number of aliphatic hydroxyl groups excluding tert-OH is 3. The molecule has 8 aliphatic rings. The number of aliphatic hydroxyl groups is 3. The zero-order chi connectivity index (χ0) is 27.5. The Kier molecular flexibility index (Phi) is 4.48. The predicted octanol–water partition coefficient (Wildman–Crippen LogP) is 1.88. The second-order valence-corrected chi connectivity index (χ2v) is 14.0. The number of allylic oxidation sites excluding steroid dienone is 1. The molecule has 5 saturated carbocycles. The molecule has 39 heavy (non-hydrogen) atoms. The maximum atomic E-state index is 14.2. The van der Waals surface area contributed by atoms with Gasteiger partial charge in [-0.25, -0.2) is 9.59 Å². The van der Waals surface area contributed by atoms with Crippen molar-refractivity contribution in [2.45, 2.75) is 58.2 Å². The number of carbonyl (C=O) groups excluding carboxylic acids is 3. The number of esters is 2. The average molecular weight is 537 g/mol. The summed E-state index contributed by atoms with van der Waals surface area (Å²) in [6.45, 7) is 5.47. The van der Waals surface area contributed by atoms with Gasteiger partial charge in [0.25, 0.3) is 0 Å². The normalized spacial score (nSPS) is 52.8. The third-order valence-corrected chi connectivity index (χ3v) is 13.3. The number of rotatable bonds is 3. The summed E-state index contributed by atoms with van der Waals surface area (Å²) in [6.07, 6.45) is 1.89. The van der Waals surface area contributed by atoms with Crippen LogP contribution in [0.5, 0.6) is 0 Å². The first-order valence-corrected chi connectivity index (χ1v) is 14.5. The molecular weight excluding hydrogens is 500 g/mol. The molecule has 0 aromatic rings. The molecule has 8 nitrogen and oxygen atoms in total. The fourth-order valence-electron chi connectivity index (χ4n) is 11.6. The van der Waals surface area contributed by atoms with Crippen molar-refractivity contribution in [1.29, 1.82) is 0 Å². The van der Waals surface area contributed by atoms with Gasteiger partial charge in [0, 0.05) is 29.1 Å². The van der Waals surface area contributed by atoms with Crippen molar-refractivity contribution >= 4 is 17.7 Å². The molecule has 0 bridgehead atoms. The fourth-order valence-corrected chi connectivity index (χ4v) is 11.6. The van der Waals surface area contributed by atoms with Crippen molar-refractivity contribution in [3.8, 4) is 0 Å². The van der Waals surface area contributed by atoms with E-state index >= 15 is 0 Å². The van der Waals surface area contributed by atoms with Gasteiger partial charge >= 0.3 is 11.9 Å². The van der Waals surface area contributed by atoms with Crippen LogP contribution in [0.4, 0.5) is 0 Å². The van der Waals surface area contributed by atoms with Crippen LogP contribution in [0.3, 0.4) is 0 Å². The molecule has 1 spiro atoms. The molecule has 0 radical (unpaired) electrons. The van der Waals surface area contributed by atoms with Gasteiger partial charge in [-0.2, -0.15) is 0 Å². The third-order valence-electron chi connectivity index (χ3n) is 13.3. The molecule has 0 unspecified atom stereocenters. The van der Waals surface area contributed by atoms with E-state index in [1.54, 1.807) is 6.92 Å². The average Bonchev–Trinajstić information content (AvgIpc) is 3.82.